The molecule has 0 amide bonds. The van der Waals surface area contributed by atoms with E-state index < -0.39 is 0 Å². The molecular weight excluding hydrogens is 322 g/mol. The van der Waals surface area contributed by atoms with Gasteiger partial charge < -0.3 is 9.30 Å². The molecule has 4 nitrogen and oxygen atoms in total. The van der Waals surface area contributed by atoms with Gasteiger partial charge in [0, 0.05) is 0 Å². The third-order valence-electron chi connectivity index (χ3n) is 5.42. The summed E-state index contributed by atoms with van der Waals surface area (Å²) in [6.07, 6.45) is 2.60. The first-order chi connectivity index (χ1) is 12.7. The number of hydrogen-bond acceptors (Lipinski definition) is 3. The number of aryl methyl sites for hydroxylation is 1. The van der Waals surface area contributed by atoms with Crippen LogP contribution in [0.3, 0.4) is 0 Å². The highest BCUT2D eigenvalue weighted by Crippen LogP contribution is 2.22. The van der Waals surface area contributed by atoms with Gasteiger partial charge in [-0.2, -0.15) is 0 Å². The molecule has 0 saturated carbocycles. The Morgan fingerprint density at radius 2 is 1.81 bits per heavy atom. The fourth-order valence-electron chi connectivity index (χ4n) is 3.76. The minimum Gasteiger partial charge on any atom is -0.491 e. The summed E-state index contributed by atoms with van der Waals surface area (Å²) < 4.78 is 8.43. The predicted octanol–water partition coefficient (Wildman–Crippen LogP) is 4.33. The number of likely N-dealkylation sites (tertiary alicyclic amines) is 1. The summed E-state index contributed by atoms with van der Waals surface area (Å²) >= 11 is 0. The molecule has 0 aliphatic carbocycles. The van der Waals surface area contributed by atoms with Crippen molar-refractivity contribution in [3.05, 3.63) is 59.4 Å². The number of benzene rings is 2. The Morgan fingerprint density at radius 1 is 1.00 bits per heavy atom. The van der Waals surface area contributed by atoms with Gasteiger partial charge in [-0.05, 0) is 69.1 Å². The number of nitrogens with zero attached hydrogens (tertiary/aromatic N) is 3. The van der Waals surface area contributed by atoms with Gasteiger partial charge in [0.15, 0.2) is 0 Å². The van der Waals surface area contributed by atoms with E-state index in [2.05, 4.69) is 65.8 Å². The molecule has 0 unspecified atom stereocenters. The lowest BCUT2D eigenvalue weighted by atomic mass is 10.1. The van der Waals surface area contributed by atoms with Crippen molar-refractivity contribution >= 4 is 11.0 Å². The van der Waals surface area contributed by atoms with Crippen LogP contribution in [0.1, 0.15) is 29.8 Å². The second kappa shape index (κ2) is 7.50. The molecule has 0 bridgehead atoms. The highest BCUT2D eigenvalue weighted by molar-refractivity contribution is 5.75. The van der Waals surface area contributed by atoms with Crippen molar-refractivity contribution in [1.29, 1.82) is 0 Å². The first kappa shape index (κ1) is 17.1. The van der Waals surface area contributed by atoms with Crippen LogP contribution in [0.5, 0.6) is 5.75 Å². The predicted molar refractivity (Wildman–Crippen MR) is 106 cm³/mol. The molecule has 26 heavy (non-hydrogen) atoms. The van der Waals surface area contributed by atoms with Crippen LogP contribution < -0.4 is 4.74 Å². The van der Waals surface area contributed by atoms with Gasteiger partial charge >= 0.3 is 0 Å². The number of imidazole rings is 1. The minimum atomic E-state index is 0.650. The Morgan fingerprint density at radius 3 is 2.65 bits per heavy atom. The molecule has 1 aromatic heterocycles. The zero-order valence-corrected chi connectivity index (χ0v) is 15.7. The second-order valence-corrected chi connectivity index (χ2v) is 7.20. The van der Waals surface area contributed by atoms with Gasteiger partial charge in [0.2, 0.25) is 0 Å². The Hall–Kier alpha value is -2.33. The molecule has 1 aliphatic rings. The van der Waals surface area contributed by atoms with Crippen molar-refractivity contribution in [2.75, 3.05) is 19.7 Å². The van der Waals surface area contributed by atoms with E-state index in [9.17, 15) is 0 Å². The van der Waals surface area contributed by atoms with E-state index in [1.54, 1.807) is 0 Å². The van der Waals surface area contributed by atoms with E-state index >= 15 is 0 Å². The first-order valence-electron chi connectivity index (χ1n) is 9.58. The van der Waals surface area contributed by atoms with Gasteiger partial charge in [-0.15, -0.1) is 0 Å². The molecular formula is C22H27N3O. The van der Waals surface area contributed by atoms with E-state index in [1.165, 1.54) is 42.6 Å². The molecule has 0 N–H and O–H groups in total. The maximum absolute atomic E-state index is 6.10. The van der Waals surface area contributed by atoms with Gasteiger partial charge in [-0.3, -0.25) is 4.90 Å². The van der Waals surface area contributed by atoms with Gasteiger partial charge in [-0.25, -0.2) is 4.98 Å². The fraction of sp³-hybridized carbons (Fsp3) is 0.409. The fourth-order valence-corrected chi connectivity index (χ4v) is 3.76. The summed E-state index contributed by atoms with van der Waals surface area (Å²) in [7, 11) is 0. The summed E-state index contributed by atoms with van der Waals surface area (Å²) in [5.74, 6) is 2.13. The smallest absolute Gasteiger partial charge is 0.124 e. The van der Waals surface area contributed by atoms with Crippen molar-refractivity contribution in [2.45, 2.75) is 39.8 Å². The lowest BCUT2D eigenvalue weighted by Gasteiger charge is -2.17. The van der Waals surface area contributed by atoms with Crippen LogP contribution in [0, 0.1) is 13.8 Å². The van der Waals surface area contributed by atoms with Crippen molar-refractivity contribution in [3.63, 3.8) is 0 Å². The van der Waals surface area contributed by atoms with Gasteiger partial charge in [0.25, 0.3) is 0 Å². The van der Waals surface area contributed by atoms with Crippen LogP contribution >= 0.6 is 0 Å². The van der Waals surface area contributed by atoms with Crippen LogP contribution in [0.15, 0.2) is 42.5 Å². The average Bonchev–Trinajstić information content (AvgIpc) is 3.27. The molecule has 2 aromatic carbocycles. The van der Waals surface area contributed by atoms with E-state index in [4.69, 9.17) is 9.72 Å². The number of ether oxygens (including phenoxy) is 1. The van der Waals surface area contributed by atoms with Gasteiger partial charge in [-0.1, -0.05) is 24.3 Å². The quantitative estimate of drug-likeness (QED) is 0.664. The molecule has 3 aromatic rings. The zero-order chi connectivity index (χ0) is 17.9. The van der Waals surface area contributed by atoms with Crippen LogP contribution in [0.4, 0.5) is 0 Å². The highest BCUT2D eigenvalue weighted by atomic mass is 16.5. The topological polar surface area (TPSA) is 30.3 Å². The van der Waals surface area contributed by atoms with E-state index in [0.29, 0.717) is 6.61 Å². The Kier molecular flexibility index (Phi) is 4.93. The first-order valence-corrected chi connectivity index (χ1v) is 9.58. The maximum Gasteiger partial charge on any atom is 0.124 e. The number of rotatable bonds is 6. The molecule has 0 spiro atoms. The molecule has 4 heteroatoms. The summed E-state index contributed by atoms with van der Waals surface area (Å²) in [6, 6.07) is 14.7. The Labute approximate surface area is 155 Å². The summed E-state index contributed by atoms with van der Waals surface area (Å²) in [5.41, 5.74) is 4.77. The molecule has 1 saturated heterocycles. The minimum absolute atomic E-state index is 0.650. The van der Waals surface area contributed by atoms with Crippen molar-refractivity contribution in [3.8, 4) is 5.75 Å². The van der Waals surface area contributed by atoms with Crippen LogP contribution in [0.2, 0.25) is 0 Å². The maximum atomic E-state index is 6.10. The third-order valence-corrected chi connectivity index (χ3v) is 5.42. The molecule has 1 fully saturated rings. The summed E-state index contributed by atoms with van der Waals surface area (Å²) in [4.78, 5) is 7.40. The summed E-state index contributed by atoms with van der Waals surface area (Å²) in [5, 5.41) is 0. The normalized spacial score (nSPS) is 15.0. The van der Waals surface area contributed by atoms with Crippen LogP contribution in [-0.4, -0.2) is 34.1 Å². The van der Waals surface area contributed by atoms with Crippen LogP contribution in [0.25, 0.3) is 11.0 Å². The Balaban J connectivity index is 1.53. The number of aromatic nitrogens is 2. The highest BCUT2D eigenvalue weighted by Gasteiger charge is 2.17. The second-order valence-electron chi connectivity index (χ2n) is 7.20. The zero-order valence-electron chi connectivity index (χ0n) is 15.7. The number of para-hydroxylation sites is 2. The molecule has 4 rings (SSSR count). The van der Waals surface area contributed by atoms with Crippen molar-refractivity contribution < 1.29 is 4.74 Å². The number of fused-ring (bicyclic) bond motifs is 1. The van der Waals surface area contributed by atoms with Gasteiger partial charge in [0.05, 0.1) is 24.1 Å². The van der Waals surface area contributed by atoms with Gasteiger partial charge in [0.1, 0.15) is 18.2 Å². The Bertz CT molecular complexity index is 894. The average molecular weight is 349 g/mol. The van der Waals surface area contributed by atoms with E-state index in [0.717, 1.165) is 30.2 Å². The monoisotopic (exact) mass is 349 g/mol. The molecule has 136 valence electrons. The lowest BCUT2D eigenvalue weighted by molar-refractivity contribution is 0.284. The third kappa shape index (κ3) is 3.47. The van der Waals surface area contributed by atoms with E-state index in [-0.39, 0.29) is 0 Å². The molecule has 0 atom stereocenters. The van der Waals surface area contributed by atoms with Crippen LogP contribution in [-0.2, 0) is 13.1 Å². The largest absolute Gasteiger partial charge is 0.491 e. The molecule has 1 aliphatic heterocycles. The SMILES string of the molecule is Cc1cccc(OCCn2c(CN3CCCC3)nc3ccccc32)c1C. The van der Waals surface area contributed by atoms with Crippen molar-refractivity contribution in [2.24, 2.45) is 0 Å². The van der Waals surface area contributed by atoms with E-state index in [1.807, 2.05) is 0 Å². The molecule has 0 radical (unpaired) electrons. The number of hydrogen-bond donors (Lipinski definition) is 0. The lowest BCUT2D eigenvalue weighted by Crippen LogP contribution is -2.22. The van der Waals surface area contributed by atoms with Crippen molar-refractivity contribution in [1.82, 2.24) is 14.5 Å². The summed E-state index contributed by atoms with van der Waals surface area (Å²) in [6.45, 7) is 9.01. The standard InChI is InChI=1S/C22H27N3O/c1-17-8-7-11-21(18(17)2)26-15-14-25-20-10-4-3-9-19(20)23-22(25)16-24-12-5-6-13-24/h3-4,7-11H,5-6,12-16H2,1-2H3. The molecule has 2 heterocycles.